The Balaban J connectivity index is 1.63. The van der Waals surface area contributed by atoms with E-state index < -0.39 is 0 Å². The van der Waals surface area contributed by atoms with Gasteiger partial charge in [0.2, 0.25) is 0 Å². The van der Waals surface area contributed by atoms with E-state index in [1.165, 1.54) is 0 Å². The summed E-state index contributed by atoms with van der Waals surface area (Å²) in [6, 6.07) is 5.95. The molecule has 0 saturated carbocycles. The molecule has 0 atom stereocenters. The molecule has 1 aromatic carbocycles. The van der Waals surface area contributed by atoms with Crippen molar-refractivity contribution in [2.75, 3.05) is 0 Å². The molecule has 0 aliphatic carbocycles. The third kappa shape index (κ3) is 3.20. The molecule has 22 heavy (non-hydrogen) atoms. The highest BCUT2D eigenvalue weighted by atomic mass is 32.1. The van der Waals surface area contributed by atoms with Gasteiger partial charge in [-0.25, -0.2) is 4.98 Å². The quantitative estimate of drug-likeness (QED) is 0.667. The number of carbonyl (C=O) groups excluding carboxylic acids is 1. The van der Waals surface area contributed by atoms with Gasteiger partial charge in [-0.1, -0.05) is 19.1 Å². The minimum atomic E-state index is -0.269. The maximum atomic E-state index is 12.0. The molecule has 5 heteroatoms. The van der Waals surface area contributed by atoms with E-state index in [1.54, 1.807) is 17.6 Å². The second kappa shape index (κ2) is 6.32. The second-order valence-corrected chi connectivity index (χ2v) is 6.13. The summed E-state index contributed by atoms with van der Waals surface area (Å²) < 4.78 is 10.8. The van der Waals surface area contributed by atoms with Gasteiger partial charge in [0.25, 0.3) is 0 Å². The Labute approximate surface area is 132 Å². The average molecular weight is 315 g/mol. The lowest BCUT2D eigenvalue weighted by molar-refractivity contribution is -0.144. The molecule has 0 saturated heterocycles. The van der Waals surface area contributed by atoms with Crippen molar-refractivity contribution < 1.29 is 13.9 Å². The van der Waals surface area contributed by atoms with Crippen molar-refractivity contribution in [2.45, 2.75) is 33.3 Å². The number of aryl methyl sites for hydroxylation is 2. The Hall–Kier alpha value is -2.14. The van der Waals surface area contributed by atoms with E-state index in [9.17, 15) is 4.79 Å². The first-order chi connectivity index (χ1) is 10.7. The van der Waals surface area contributed by atoms with Crippen LogP contribution in [-0.2, 0) is 29.0 Å². The topological polar surface area (TPSA) is 52.3 Å². The monoisotopic (exact) mass is 315 g/mol. The third-order valence-corrected chi connectivity index (χ3v) is 4.47. The van der Waals surface area contributed by atoms with Gasteiger partial charge in [-0.3, -0.25) is 4.79 Å². The predicted molar refractivity (Wildman–Crippen MR) is 85.9 cm³/mol. The summed E-state index contributed by atoms with van der Waals surface area (Å²) >= 11 is 1.59. The number of hydrogen-bond acceptors (Lipinski definition) is 5. The first-order valence-electron chi connectivity index (χ1n) is 7.21. The Morgan fingerprint density at radius 2 is 2.27 bits per heavy atom. The lowest BCUT2D eigenvalue weighted by atomic mass is 10.1. The van der Waals surface area contributed by atoms with Gasteiger partial charge in [0.05, 0.1) is 23.4 Å². The van der Waals surface area contributed by atoms with Crippen LogP contribution in [0.3, 0.4) is 0 Å². The molecule has 3 aromatic rings. The first-order valence-corrected chi connectivity index (χ1v) is 8.09. The summed E-state index contributed by atoms with van der Waals surface area (Å²) in [5, 5.41) is 3.95. The molecule has 3 rings (SSSR count). The summed E-state index contributed by atoms with van der Waals surface area (Å²) in [6.07, 6.45) is 2.74. The van der Waals surface area contributed by atoms with Crippen LogP contribution in [0.2, 0.25) is 0 Å². The summed E-state index contributed by atoms with van der Waals surface area (Å²) in [6.45, 7) is 4.29. The van der Waals surface area contributed by atoms with E-state index in [0.717, 1.165) is 39.2 Å². The van der Waals surface area contributed by atoms with Gasteiger partial charge < -0.3 is 9.15 Å². The third-order valence-electron chi connectivity index (χ3n) is 3.43. The van der Waals surface area contributed by atoms with Crippen LogP contribution in [0.15, 0.2) is 34.3 Å². The lowest BCUT2D eigenvalue weighted by Gasteiger charge is -2.02. The molecular weight excluding hydrogens is 298 g/mol. The Morgan fingerprint density at radius 3 is 3.05 bits per heavy atom. The molecule has 2 heterocycles. The number of benzene rings is 1. The van der Waals surface area contributed by atoms with Gasteiger partial charge in [0, 0.05) is 16.3 Å². The molecule has 0 radical (unpaired) electrons. The largest absolute Gasteiger partial charge is 0.464 e. The van der Waals surface area contributed by atoms with Crippen molar-refractivity contribution in [3.05, 3.63) is 51.7 Å². The van der Waals surface area contributed by atoms with E-state index in [0.29, 0.717) is 0 Å². The standard InChI is InChI=1S/C17H17NO3S/c1-3-16-18-13(10-22-16)9-21-17(19)7-12-8-20-15-6-11(2)4-5-14(12)15/h4-6,8,10H,3,7,9H2,1-2H3. The zero-order valence-electron chi connectivity index (χ0n) is 12.6. The highest BCUT2D eigenvalue weighted by Crippen LogP contribution is 2.23. The van der Waals surface area contributed by atoms with Crippen LogP contribution in [0.25, 0.3) is 11.0 Å². The average Bonchev–Trinajstić information content (AvgIpc) is 3.12. The number of carbonyl (C=O) groups is 1. The van der Waals surface area contributed by atoms with Gasteiger partial charge in [0.15, 0.2) is 0 Å². The van der Waals surface area contributed by atoms with Crippen LogP contribution in [0.4, 0.5) is 0 Å². The van der Waals surface area contributed by atoms with Crippen LogP contribution < -0.4 is 0 Å². The fraction of sp³-hybridized carbons (Fsp3) is 0.294. The normalized spacial score (nSPS) is 11.0. The summed E-state index contributed by atoms with van der Waals surface area (Å²) in [5.74, 6) is -0.269. The number of esters is 1. The zero-order valence-corrected chi connectivity index (χ0v) is 13.4. The number of aromatic nitrogens is 1. The molecule has 114 valence electrons. The van der Waals surface area contributed by atoms with E-state index in [2.05, 4.69) is 11.9 Å². The van der Waals surface area contributed by atoms with Crippen LogP contribution in [0, 0.1) is 6.92 Å². The highest BCUT2D eigenvalue weighted by Gasteiger charge is 2.12. The Kier molecular flexibility index (Phi) is 4.24. The SMILES string of the molecule is CCc1nc(COC(=O)Cc2coc3cc(C)ccc23)cs1. The van der Waals surface area contributed by atoms with E-state index >= 15 is 0 Å². The molecule has 0 amide bonds. The van der Waals surface area contributed by atoms with Gasteiger partial charge in [-0.2, -0.15) is 0 Å². The van der Waals surface area contributed by atoms with Crippen LogP contribution >= 0.6 is 11.3 Å². The molecule has 4 nitrogen and oxygen atoms in total. The number of nitrogens with zero attached hydrogens (tertiary/aromatic N) is 1. The van der Waals surface area contributed by atoms with Crippen molar-refractivity contribution in [1.82, 2.24) is 4.98 Å². The molecule has 0 spiro atoms. The van der Waals surface area contributed by atoms with Crippen LogP contribution in [0.5, 0.6) is 0 Å². The number of thiazole rings is 1. The minimum Gasteiger partial charge on any atom is -0.464 e. The van der Waals surface area contributed by atoms with Crippen LogP contribution in [0.1, 0.15) is 28.8 Å². The predicted octanol–water partition coefficient (Wildman–Crippen LogP) is 4.05. The molecule has 0 N–H and O–H groups in total. The smallest absolute Gasteiger partial charge is 0.310 e. The van der Waals surface area contributed by atoms with Crippen molar-refractivity contribution in [1.29, 1.82) is 0 Å². The van der Waals surface area contributed by atoms with Crippen molar-refractivity contribution in [3.63, 3.8) is 0 Å². The van der Waals surface area contributed by atoms with E-state index in [4.69, 9.17) is 9.15 Å². The summed E-state index contributed by atoms with van der Waals surface area (Å²) in [5.41, 5.74) is 3.59. The van der Waals surface area contributed by atoms with Gasteiger partial charge in [-0.15, -0.1) is 11.3 Å². The molecule has 0 bridgehead atoms. The molecule has 2 aromatic heterocycles. The highest BCUT2D eigenvalue weighted by molar-refractivity contribution is 7.09. The maximum Gasteiger partial charge on any atom is 0.310 e. The molecular formula is C17H17NO3S. The van der Waals surface area contributed by atoms with Crippen molar-refractivity contribution in [3.8, 4) is 0 Å². The van der Waals surface area contributed by atoms with E-state index in [1.807, 2.05) is 30.5 Å². The molecule has 0 aliphatic heterocycles. The fourth-order valence-electron chi connectivity index (χ4n) is 2.27. The number of ether oxygens (including phenoxy) is 1. The van der Waals surface area contributed by atoms with Gasteiger partial charge in [0.1, 0.15) is 12.2 Å². The van der Waals surface area contributed by atoms with Crippen molar-refractivity contribution >= 4 is 28.3 Å². The molecule has 0 fully saturated rings. The fourth-order valence-corrected chi connectivity index (χ4v) is 3.00. The Bertz CT molecular complexity index is 803. The number of furan rings is 1. The maximum absolute atomic E-state index is 12.0. The van der Waals surface area contributed by atoms with Gasteiger partial charge in [-0.05, 0) is 25.0 Å². The number of fused-ring (bicyclic) bond motifs is 1. The minimum absolute atomic E-state index is 0.209. The lowest BCUT2D eigenvalue weighted by Crippen LogP contribution is -2.08. The summed E-state index contributed by atoms with van der Waals surface area (Å²) in [4.78, 5) is 16.4. The van der Waals surface area contributed by atoms with E-state index in [-0.39, 0.29) is 19.0 Å². The number of hydrogen-bond donors (Lipinski definition) is 0. The van der Waals surface area contributed by atoms with Gasteiger partial charge >= 0.3 is 5.97 Å². The Morgan fingerprint density at radius 1 is 1.41 bits per heavy atom. The molecule has 0 aliphatic rings. The second-order valence-electron chi connectivity index (χ2n) is 5.18. The van der Waals surface area contributed by atoms with Crippen molar-refractivity contribution in [2.24, 2.45) is 0 Å². The molecule has 0 unspecified atom stereocenters. The summed E-state index contributed by atoms with van der Waals surface area (Å²) in [7, 11) is 0. The first kappa shape index (κ1) is 14.8. The zero-order chi connectivity index (χ0) is 15.5. The van der Waals surface area contributed by atoms with Crippen LogP contribution in [-0.4, -0.2) is 11.0 Å². The number of rotatable bonds is 5.